The van der Waals surface area contributed by atoms with Crippen LogP contribution in [0.5, 0.6) is 0 Å². The molecule has 0 saturated heterocycles. The number of hydrogen-bond donors (Lipinski definition) is 1. The first-order chi connectivity index (χ1) is 12.0. The summed E-state index contributed by atoms with van der Waals surface area (Å²) in [5.41, 5.74) is 2.16. The fourth-order valence-electron chi connectivity index (χ4n) is 2.37. The summed E-state index contributed by atoms with van der Waals surface area (Å²) < 4.78 is 14.0. The van der Waals surface area contributed by atoms with Crippen LogP contribution in [0.3, 0.4) is 0 Å². The van der Waals surface area contributed by atoms with Crippen LogP contribution in [0.2, 0.25) is 5.02 Å². The molecule has 4 nitrogen and oxygen atoms in total. The number of nitrogens with zero attached hydrogens (tertiary/aromatic N) is 2. The fourth-order valence-corrected chi connectivity index (χ4v) is 2.56. The highest BCUT2D eigenvalue weighted by atomic mass is 35.5. The predicted molar refractivity (Wildman–Crippen MR) is 98.1 cm³/mol. The minimum absolute atomic E-state index is 0.357. The zero-order chi connectivity index (χ0) is 17.8. The minimum atomic E-state index is -0.449. The molecule has 1 aromatic heterocycles. The number of carbonyl (C=O) groups is 1. The van der Waals surface area contributed by atoms with E-state index in [1.54, 1.807) is 60.7 Å². The molecule has 0 aliphatic carbocycles. The van der Waals surface area contributed by atoms with Gasteiger partial charge in [-0.1, -0.05) is 17.7 Å². The molecule has 2 aromatic carbocycles. The van der Waals surface area contributed by atoms with Crippen molar-refractivity contribution in [3.63, 3.8) is 0 Å². The topological polar surface area (TPSA) is 45.2 Å². The van der Waals surface area contributed by atoms with Gasteiger partial charge in [0.05, 0.1) is 11.9 Å². The van der Waals surface area contributed by atoms with Crippen LogP contribution in [0.25, 0.3) is 0 Å². The summed E-state index contributed by atoms with van der Waals surface area (Å²) in [7, 11) is 1.80. The number of nitrogens with one attached hydrogen (secondary N) is 1. The van der Waals surface area contributed by atoms with E-state index in [1.807, 2.05) is 6.07 Å². The molecule has 6 heteroatoms. The Labute approximate surface area is 149 Å². The Hall–Kier alpha value is -2.92. The van der Waals surface area contributed by atoms with Gasteiger partial charge < -0.3 is 10.2 Å². The van der Waals surface area contributed by atoms with Crippen molar-refractivity contribution < 1.29 is 9.18 Å². The zero-order valence-corrected chi connectivity index (χ0v) is 14.2. The quantitative estimate of drug-likeness (QED) is 0.724. The SMILES string of the molecule is CN(c1cccnc1)c1cc(F)cc(NC(=O)c2cccc(Cl)c2)c1. The van der Waals surface area contributed by atoms with E-state index in [-0.39, 0.29) is 5.91 Å². The Morgan fingerprint density at radius 1 is 1.12 bits per heavy atom. The maximum absolute atomic E-state index is 14.0. The standard InChI is InChI=1S/C19H15ClFN3O/c1-24(17-6-3-7-22-12-17)18-10-15(21)9-16(11-18)23-19(25)13-4-2-5-14(20)8-13/h2-12H,1H3,(H,23,25). The van der Waals surface area contributed by atoms with Gasteiger partial charge in [0.15, 0.2) is 0 Å². The van der Waals surface area contributed by atoms with E-state index in [1.165, 1.54) is 12.1 Å². The van der Waals surface area contributed by atoms with Gasteiger partial charge in [0.25, 0.3) is 5.91 Å². The molecule has 1 heterocycles. The van der Waals surface area contributed by atoms with Crippen LogP contribution in [-0.2, 0) is 0 Å². The second-order valence-corrected chi connectivity index (χ2v) is 5.87. The molecular weight excluding hydrogens is 341 g/mol. The van der Waals surface area contributed by atoms with Gasteiger partial charge in [-0.2, -0.15) is 0 Å². The van der Waals surface area contributed by atoms with Crippen molar-refractivity contribution in [2.75, 3.05) is 17.3 Å². The van der Waals surface area contributed by atoms with Crippen molar-refractivity contribution in [3.05, 3.63) is 83.4 Å². The highest BCUT2D eigenvalue weighted by Gasteiger charge is 2.11. The first-order valence-electron chi connectivity index (χ1n) is 7.54. The molecule has 3 rings (SSSR count). The van der Waals surface area contributed by atoms with E-state index >= 15 is 0 Å². The molecule has 0 spiro atoms. The van der Waals surface area contributed by atoms with Crippen LogP contribution in [0.15, 0.2) is 67.0 Å². The van der Waals surface area contributed by atoms with Gasteiger partial charge >= 0.3 is 0 Å². The van der Waals surface area contributed by atoms with Gasteiger partial charge in [0, 0.05) is 35.2 Å². The van der Waals surface area contributed by atoms with Crippen LogP contribution in [0, 0.1) is 5.82 Å². The van der Waals surface area contributed by atoms with Gasteiger partial charge in [-0.15, -0.1) is 0 Å². The average molecular weight is 356 g/mol. The number of benzene rings is 2. The van der Waals surface area contributed by atoms with Gasteiger partial charge in [-0.3, -0.25) is 9.78 Å². The van der Waals surface area contributed by atoms with E-state index < -0.39 is 5.82 Å². The number of aromatic nitrogens is 1. The van der Waals surface area contributed by atoms with Crippen LogP contribution in [0.4, 0.5) is 21.5 Å². The molecule has 0 bridgehead atoms. The molecule has 0 atom stereocenters. The van der Waals surface area contributed by atoms with Crippen molar-refractivity contribution in [2.45, 2.75) is 0 Å². The third-order valence-electron chi connectivity index (χ3n) is 3.65. The minimum Gasteiger partial charge on any atom is -0.343 e. The number of hydrogen-bond acceptors (Lipinski definition) is 3. The van der Waals surface area contributed by atoms with E-state index in [4.69, 9.17) is 11.6 Å². The van der Waals surface area contributed by atoms with E-state index in [2.05, 4.69) is 10.3 Å². The molecule has 0 saturated carbocycles. The normalized spacial score (nSPS) is 10.4. The number of halogens is 2. The second kappa shape index (κ2) is 7.32. The third kappa shape index (κ3) is 4.14. The lowest BCUT2D eigenvalue weighted by Crippen LogP contribution is -2.14. The van der Waals surface area contributed by atoms with Crippen LogP contribution in [0.1, 0.15) is 10.4 Å². The number of anilines is 3. The summed E-state index contributed by atoms with van der Waals surface area (Å²) >= 11 is 5.90. The summed E-state index contributed by atoms with van der Waals surface area (Å²) in [5, 5.41) is 3.16. The summed E-state index contributed by atoms with van der Waals surface area (Å²) in [6, 6.07) is 14.6. The van der Waals surface area contributed by atoms with Crippen molar-refractivity contribution in [3.8, 4) is 0 Å². The highest BCUT2D eigenvalue weighted by Crippen LogP contribution is 2.27. The Morgan fingerprint density at radius 3 is 2.68 bits per heavy atom. The molecule has 0 radical (unpaired) electrons. The Bertz CT molecular complexity index is 902. The predicted octanol–water partition coefficient (Wildman–Crippen LogP) is 4.89. The molecule has 25 heavy (non-hydrogen) atoms. The van der Waals surface area contributed by atoms with Crippen molar-refractivity contribution >= 4 is 34.6 Å². The Balaban J connectivity index is 1.85. The first-order valence-corrected chi connectivity index (χ1v) is 7.92. The van der Waals surface area contributed by atoms with Crippen LogP contribution < -0.4 is 10.2 Å². The second-order valence-electron chi connectivity index (χ2n) is 5.43. The van der Waals surface area contributed by atoms with Gasteiger partial charge in [0.2, 0.25) is 0 Å². The molecule has 3 aromatic rings. The summed E-state index contributed by atoms with van der Waals surface area (Å²) in [6.07, 6.45) is 3.34. The van der Waals surface area contributed by atoms with E-state index in [0.717, 1.165) is 5.69 Å². The Kier molecular flexibility index (Phi) is 4.95. The lowest BCUT2D eigenvalue weighted by Gasteiger charge is -2.20. The van der Waals surface area contributed by atoms with Crippen molar-refractivity contribution in [1.29, 1.82) is 0 Å². The van der Waals surface area contributed by atoms with E-state index in [9.17, 15) is 9.18 Å². The number of amides is 1. The first kappa shape index (κ1) is 16.9. The molecule has 0 unspecified atom stereocenters. The third-order valence-corrected chi connectivity index (χ3v) is 3.88. The van der Waals surface area contributed by atoms with Crippen LogP contribution in [-0.4, -0.2) is 17.9 Å². The average Bonchev–Trinajstić information content (AvgIpc) is 2.61. The van der Waals surface area contributed by atoms with E-state index in [0.29, 0.717) is 22.0 Å². The molecule has 0 aliphatic heterocycles. The van der Waals surface area contributed by atoms with Crippen molar-refractivity contribution in [2.24, 2.45) is 0 Å². The summed E-state index contributed by atoms with van der Waals surface area (Å²) in [5.74, 6) is -0.808. The van der Waals surface area contributed by atoms with Gasteiger partial charge in [0.1, 0.15) is 5.82 Å². The maximum atomic E-state index is 14.0. The Morgan fingerprint density at radius 2 is 1.96 bits per heavy atom. The monoisotopic (exact) mass is 355 g/mol. The molecule has 1 amide bonds. The van der Waals surface area contributed by atoms with Gasteiger partial charge in [-0.05, 0) is 48.5 Å². The highest BCUT2D eigenvalue weighted by molar-refractivity contribution is 6.31. The summed E-state index contributed by atoms with van der Waals surface area (Å²) in [6.45, 7) is 0. The largest absolute Gasteiger partial charge is 0.343 e. The summed E-state index contributed by atoms with van der Waals surface area (Å²) in [4.78, 5) is 18.2. The molecule has 0 fully saturated rings. The number of rotatable bonds is 4. The number of carbonyl (C=O) groups excluding carboxylic acids is 1. The lowest BCUT2D eigenvalue weighted by atomic mass is 10.2. The molecular formula is C19H15ClFN3O. The van der Waals surface area contributed by atoms with Crippen molar-refractivity contribution in [1.82, 2.24) is 4.98 Å². The lowest BCUT2D eigenvalue weighted by molar-refractivity contribution is 0.102. The molecule has 0 aliphatic rings. The smallest absolute Gasteiger partial charge is 0.255 e. The van der Waals surface area contributed by atoms with Crippen LogP contribution >= 0.6 is 11.6 Å². The maximum Gasteiger partial charge on any atom is 0.255 e. The zero-order valence-electron chi connectivity index (χ0n) is 13.4. The molecule has 126 valence electrons. The molecule has 1 N–H and O–H groups in total. The number of pyridine rings is 1. The fraction of sp³-hybridized carbons (Fsp3) is 0.0526. The van der Waals surface area contributed by atoms with Gasteiger partial charge in [-0.25, -0.2) is 4.39 Å².